The van der Waals surface area contributed by atoms with Crippen molar-refractivity contribution in [2.75, 3.05) is 6.54 Å². The normalized spacial score (nSPS) is 13.9. The zero-order chi connectivity index (χ0) is 13.7. The molecular formula is C11H15NO5S. The van der Waals surface area contributed by atoms with Gasteiger partial charge in [0.1, 0.15) is 6.10 Å². The number of rotatable bonds is 6. The van der Waals surface area contributed by atoms with Crippen LogP contribution in [0.2, 0.25) is 0 Å². The van der Waals surface area contributed by atoms with E-state index in [0.29, 0.717) is 0 Å². The number of hydrogen-bond donors (Lipinski definition) is 4. The highest BCUT2D eigenvalue weighted by atomic mass is 32.1. The summed E-state index contributed by atoms with van der Waals surface area (Å²) in [5.41, 5.74) is 0.189. The van der Waals surface area contributed by atoms with E-state index in [2.05, 4.69) is 5.32 Å². The van der Waals surface area contributed by atoms with Crippen LogP contribution < -0.4 is 5.32 Å². The van der Waals surface area contributed by atoms with E-state index in [9.17, 15) is 19.8 Å². The van der Waals surface area contributed by atoms with Crippen LogP contribution in [0.25, 0.3) is 0 Å². The number of aliphatic hydroxyl groups is 2. The number of nitrogens with one attached hydrogen (secondary N) is 1. The molecule has 0 saturated carbocycles. The van der Waals surface area contributed by atoms with Crippen molar-refractivity contribution in [2.24, 2.45) is 0 Å². The van der Waals surface area contributed by atoms with Gasteiger partial charge < -0.3 is 20.6 Å². The maximum atomic E-state index is 10.9. The zero-order valence-corrected chi connectivity index (χ0v) is 10.6. The molecule has 4 N–H and O–H groups in total. The number of carboxylic acid groups (broad SMARTS) is 1. The van der Waals surface area contributed by atoms with Crippen LogP contribution in [0.15, 0.2) is 10.8 Å². The number of hydrogen-bond acceptors (Lipinski definition) is 5. The molecule has 0 aliphatic carbocycles. The van der Waals surface area contributed by atoms with Crippen LogP contribution in [0.3, 0.4) is 0 Å². The van der Waals surface area contributed by atoms with Crippen molar-refractivity contribution in [1.29, 1.82) is 0 Å². The molecule has 0 fully saturated rings. The summed E-state index contributed by atoms with van der Waals surface area (Å²) in [6.07, 6.45) is -2.24. The second-order valence-corrected chi connectivity index (χ2v) is 4.57. The molecule has 0 aliphatic rings. The molecule has 1 aromatic rings. The summed E-state index contributed by atoms with van der Waals surface area (Å²) in [7, 11) is 0. The Hall–Kier alpha value is -1.44. The number of aliphatic hydroxyl groups excluding tert-OH is 2. The second-order valence-electron chi connectivity index (χ2n) is 3.83. The fourth-order valence-electron chi connectivity index (χ4n) is 1.47. The van der Waals surface area contributed by atoms with Crippen molar-refractivity contribution in [3.8, 4) is 0 Å². The van der Waals surface area contributed by atoms with E-state index in [4.69, 9.17) is 5.11 Å². The third kappa shape index (κ3) is 3.80. The Bertz CT molecular complexity index is 431. The van der Waals surface area contributed by atoms with Gasteiger partial charge in [0.25, 0.3) is 0 Å². The first kappa shape index (κ1) is 14.6. The topological polar surface area (TPSA) is 107 Å². The van der Waals surface area contributed by atoms with E-state index >= 15 is 0 Å². The number of aromatic carboxylic acids is 1. The molecule has 18 heavy (non-hydrogen) atoms. The van der Waals surface area contributed by atoms with E-state index in [0.717, 1.165) is 11.3 Å². The minimum absolute atomic E-state index is 0.00826. The molecule has 0 radical (unpaired) electrons. The molecular weight excluding hydrogens is 258 g/mol. The summed E-state index contributed by atoms with van der Waals surface area (Å²) in [4.78, 5) is 21.5. The van der Waals surface area contributed by atoms with Gasteiger partial charge in [0, 0.05) is 24.4 Å². The fraction of sp³-hybridized carbons (Fsp3) is 0.455. The van der Waals surface area contributed by atoms with Gasteiger partial charge in [-0.15, -0.1) is 0 Å². The van der Waals surface area contributed by atoms with E-state index in [1.807, 2.05) is 0 Å². The van der Waals surface area contributed by atoms with Crippen LogP contribution in [0.4, 0.5) is 0 Å². The van der Waals surface area contributed by atoms with Gasteiger partial charge >= 0.3 is 5.97 Å². The molecule has 6 nitrogen and oxygen atoms in total. The zero-order valence-electron chi connectivity index (χ0n) is 9.79. The Morgan fingerprint density at radius 2 is 2.06 bits per heavy atom. The minimum atomic E-state index is -1.27. The molecule has 2 unspecified atom stereocenters. The Morgan fingerprint density at radius 1 is 1.39 bits per heavy atom. The van der Waals surface area contributed by atoms with Gasteiger partial charge in [0.15, 0.2) is 0 Å². The van der Waals surface area contributed by atoms with Crippen molar-refractivity contribution in [3.63, 3.8) is 0 Å². The van der Waals surface area contributed by atoms with E-state index in [1.54, 1.807) is 0 Å². The Balaban J connectivity index is 2.62. The summed E-state index contributed by atoms with van der Waals surface area (Å²) in [6, 6.07) is 0. The predicted octanol–water partition coefficient (Wildman–Crippen LogP) is 0.367. The summed E-state index contributed by atoms with van der Waals surface area (Å²) < 4.78 is 0. The molecule has 1 heterocycles. The molecule has 1 rings (SSSR count). The van der Waals surface area contributed by atoms with Crippen LogP contribution in [-0.2, 0) is 4.79 Å². The number of carbonyl (C=O) groups excluding carboxylic acids is 1. The Morgan fingerprint density at radius 3 is 2.61 bits per heavy atom. The molecule has 0 bridgehead atoms. The molecule has 0 saturated heterocycles. The van der Waals surface area contributed by atoms with Crippen LogP contribution in [-0.4, -0.2) is 39.8 Å². The van der Waals surface area contributed by atoms with Crippen molar-refractivity contribution < 1.29 is 24.9 Å². The van der Waals surface area contributed by atoms with Crippen molar-refractivity contribution in [2.45, 2.75) is 25.6 Å². The molecule has 100 valence electrons. The molecule has 1 aromatic heterocycles. The average molecular weight is 273 g/mol. The van der Waals surface area contributed by atoms with Gasteiger partial charge in [-0.3, -0.25) is 4.79 Å². The summed E-state index contributed by atoms with van der Waals surface area (Å²) >= 11 is 1.15. The maximum absolute atomic E-state index is 10.9. The van der Waals surface area contributed by atoms with Crippen molar-refractivity contribution in [3.05, 3.63) is 21.9 Å². The van der Waals surface area contributed by atoms with E-state index in [-0.39, 0.29) is 30.0 Å². The molecule has 0 aromatic carbocycles. The SMILES string of the molecule is CC(=O)NCCC(O)C(O)c1cscc1C(=O)O. The van der Waals surface area contributed by atoms with Crippen molar-refractivity contribution >= 4 is 23.2 Å². The second kappa shape index (κ2) is 6.48. The lowest BCUT2D eigenvalue weighted by molar-refractivity contribution is -0.119. The highest BCUT2D eigenvalue weighted by molar-refractivity contribution is 7.08. The molecule has 0 spiro atoms. The number of carboxylic acids is 1. The monoisotopic (exact) mass is 273 g/mol. The molecule has 2 atom stereocenters. The van der Waals surface area contributed by atoms with Gasteiger partial charge in [-0.25, -0.2) is 4.79 Å². The van der Waals surface area contributed by atoms with Gasteiger partial charge in [-0.1, -0.05) is 0 Å². The standard InChI is InChI=1S/C11H15NO5S/c1-6(13)12-3-2-9(14)10(15)7-4-18-5-8(7)11(16)17/h4-5,9-10,14-15H,2-3H2,1H3,(H,12,13)(H,16,17). The Kier molecular flexibility index (Phi) is 5.26. The van der Waals surface area contributed by atoms with Gasteiger partial charge in [-0.05, 0) is 11.8 Å². The Labute approximate surface area is 108 Å². The first-order chi connectivity index (χ1) is 8.43. The number of amides is 1. The van der Waals surface area contributed by atoms with Crippen LogP contribution in [0.5, 0.6) is 0 Å². The number of thiophene rings is 1. The highest BCUT2D eigenvalue weighted by Crippen LogP contribution is 2.26. The predicted molar refractivity (Wildman–Crippen MR) is 65.5 cm³/mol. The quantitative estimate of drug-likeness (QED) is 0.599. The first-order valence-corrected chi connectivity index (χ1v) is 6.27. The minimum Gasteiger partial charge on any atom is -0.478 e. The highest BCUT2D eigenvalue weighted by Gasteiger charge is 2.24. The molecule has 1 amide bonds. The van der Waals surface area contributed by atoms with Crippen LogP contribution >= 0.6 is 11.3 Å². The summed E-state index contributed by atoms with van der Waals surface area (Å²) in [6.45, 7) is 1.57. The lowest BCUT2D eigenvalue weighted by Gasteiger charge is -2.17. The third-order valence-electron chi connectivity index (χ3n) is 2.42. The third-order valence-corrected chi connectivity index (χ3v) is 3.18. The van der Waals surface area contributed by atoms with Crippen LogP contribution in [0.1, 0.15) is 35.4 Å². The average Bonchev–Trinajstić information content (AvgIpc) is 2.76. The lowest BCUT2D eigenvalue weighted by Crippen LogP contribution is -2.28. The fourth-order valence-corrected chi connectivity index (χ4v) is 2.33. The summed E-state index contributed by atoms with van der Waals surface area (Å²) in [5.74, 6) is -1.36. The van der Waals surface area contributed by atoms with E-state index in [1.165, 1.54) is 17.7 Å². The van der Waals surface area contributed by atoms with Crippen molar-refractivity contribution in [1.82, 2.24) is 5.32 Å². The number of carbonyl (C=O) groups is 2. The largest absolute Gasteiger partial charge is 0.478 e. The van der Waals surface area contributed by atoms with Crippen LogP contribution in [0, 0.1) is 0 Å². The lowest BCUT2D eigenvalue weighted by atomic mass is 10.0. The molecule has 7 heteroatoms. The first-order valence-electron chi connectivity index (χ1n) is 5.33. The summed E-state index contributed by atoms with van der Waals surface area (Å²) in [5, 5.41) is 33.9. The molecule has 0 aliphatic heterocycles. The smallest absolute Gasteiger partial charge is 0.336 e. The van der Waals surface area contributed by atoms with Gasteiger partial charge in [0.2, 0.25) is 5.91 Å². The van der Waals surface area contributed by atoms with Gasteiger partial charge in [0.05, 0.1) is 11.7 Å². The maximum Gasteiger partial charge on any atom is 0.336 e. The van der Waals surface area contributed by atoms with Gasteiger partial charge in [-0.2, -0.15) is 11.3 Å². The van der Waals surface area contributed by atoms with E-state index < -0.39 is 18.2 Å².